The first-order chi connectivity index (χ1) is 34.6. The molecule has 0 unspecified atom stereocenters. The van der Waals surface area contributed by atoms with E-state index >= 15 is 0 Å². The molecule has 0 bridgehead atoms. The van der Waals surface area contributed by atoms with Crippen molar-refractivity contribution in [2.24, 2.45) is 0 Å². The maximum absolute atomic E-state index is 11.8. The van der Waals surface area contributed by atoms with Gasteiger partial charge in [0.15, 0.2) is 0 Å². The third-order valence-electron chi connectivity index (χ3n) is 14.2. The predicted octanol–water partition coefficient (Wildman–Crippen LogP) is 17.5. The van der Waals surface area contributed by atoms with E-state index in [4.69, 9.17) is 0 Å². The van der Waals surface area contributed by atoms with Crippen molar-refractivity contribution in [2.45, 2.75) is 34.6 Å². The number of nitrogens with zero attached hydrogens (tertiary/aromatic N) is 4. The normalized spacial score (nSPS) is 11.4. The van der Waals surface area contributed by atoms with Crippen LogP contribution in [0, 0.1) is 57.3 Å². The molecule has 4 nitrogen and oxygen atoms in total. The second kappa shape index (κ2) is 17.1. The molecule has 71 heavy (non-hydrogen) atoms. The van der Waals surface area contributed by atoms with Crippen molar-refractivity contribution in [2.75, 3.05) is 0 Å². The minimum atomic E-state index is 0.538. The van der Waals surface area contributed by atoms with E-state index in [9.17, 15) is 10.5 Å². The average Bonchev–Trinajstić information content (AvgIpc) is 3.89. The molecule has 10 aromatic carbocycles. The number of benzene rings is 10. The van der Waals surface area contributed by atoms with Gasteiger partial charge < -0.3 is 9.13 Å². The Morgan fingerprint density at radius 1 is 0.282 bits per heavy atom. The van der Waals surface area contributed by atoms with E-state index in [1.54, 1.807) is 0 Å². The van der Waals surface area contributed by atoms with Crippen LogP contribution in [0.5, 0.6) is 0 Å². The highest BCUT2D eigenvalue weighted by Gasteiger charge is 2.24. The van der Waals surface area contributed by atoms with Gasteiger partial charge in [0.1, 0.15) is 11.6 Å². The van der Waals surface area contributed by atoms with Crippen LogP contribution in [0.15, 0.2) is 200 Å². The Morgan fingerprint density at radius 2 is 0.592 bits per heavy atom. The zero-order valence-electron chi connectivity index (χ0n) is 40.3. The molecular formula is C67H48N4. The highest BCUT2D eigenvalue weighted by atomic mass is 15.0. The van der Waals surface area contributed by atoms with Gasteiger partial charge in [-0.05, 0) is 169 Å². The first-order valence-corrected chi connectivity index (χ1v) is 24.2. The molecule has 0 aliphatic carbocycles. The van der Waals surface area contributed by atoms with Crippen molar-refractivity contribution in [3.8, 4) is 79.1 Å². The molecule has 0 aliphatic heterocycles. The number of nitriles is 2. The predicted molar refractivity (Wildman–Crippen MR) is 295 cm³/mol. The van der Waals surface area contributed by atoms with Crippen LogP contribution in [0.25, 0.3) is 111 Å². The van der Waals surface area contributed by atoms with E-state index in [2.05, 4.69) is 237 Å². The summed E-state index contributed by atoms with van der Waals surface area (Å²) in [7, 11) is 0. The molecule has 0 N–H and O–H groups in total. The summed E-state index contributed by atoms with van der Waals surface area (Å²) in [6.45, 7) is 10.6. The molecule has 4 heteroatoms. The van der Waals surface area contributed by atoms with Crippen molar-refractivity contribution < 1.29 is 0 Å². The zero-order valence-corrected chi connectivity index (χ0v) is 40.3. The first kappa shape index (κ1) is 43.1. The van der Waals surface area contributed by atoms with Gasteiger partial charge in [-0.1, -0.05) is 150 Å². The highest BCUT2D eigenvalue weighted by molar-refractivity contribution is 6.14. The third-order valence-corrected chi connectivity index (χ3v) is 14.2. The highest BCUT2D eigenvalue weighted by Crippen LogP contribution is 2.44. The second-order valence-electron chi connectivity index (χ2n) is 19.3. The summed E-state index contributed by atoms with van der Waals surface area (Å²) < 4.78 is 4.58. The van der Waals surface area contributed by atoms with Gasteiger partial charge in [-0.2, -0.15) is 10.5 Å². The van der Waals surface area contributed by atoms with Gasteiger partial charge in [-0.3, -0.25) is 0 Å². The first-order valence-electron chi connectivity index (χ1n) is 24.2. The molecule has 0 atom stereocenters. The lowest BCUT2D eigenvalue weighted by molar-refractivity contribution is 1.12. The topological polar surface area (TPSA) is 57.4 Å². The lowest BCUT2D eigenvalue weighted by atomic mass is 9.97. The molecule has 0 fully saturated rings. The Morgan fingerprint density at radius 3 is 0.901 bits per heavy atom. The molecule has 0 aliphatic rings. The van der Waals surface area contributed by atoms with Crippen molar-refractivity contribution in [1.82, 2.24) is 9.13 Å². The Bertz CT molecular complexity index is 3820. The molecular weight excluding hydrogens is 861 g/mol. The van der Waals surface area contributed by atoms with Crippen LogP contribution in [-0.2, 0) is 0 Å². The van der Waals surface area contributed by atoms with Crippen LogP contribution < -0.4 is 0 Å². The molecule has 2 heterocycles. The maximum Gasteiger partial charge on any atom is 0.104 e. The fourth-order valence-corrected chi connectivity index (χ4v) is 10.8. The van der Waals surface area contributed by atoms with Gasteiger partial charge >= 0.3 is 0 Å². The number of aryl methyl sites for hydroxylation is 5. The van der Waals surface area contributed by atoms with Crippen molar-refractivity contribution >= 4 is 43.6 Å². The van der Waals surface area contributed by atoms with Gasteiger partial charge in [-0.25, -0.2) is 0 Å². The quantitative estimate of drug-likeness (QED) is 0.160. The molecule has 0 saturated carbocycles. The molecule has 2 aromatic heterocycles. The Labute approximate surface area is 414 Å². The molecule has 0 radical (unpaired) electrons. The molecule has 0 amide bonds. The molecule has 0 saturated heterocycles. The minimum absolute atomic E-state index is 0.538. The van der Waals surface area contributed by atoms with E-state index < -0.39 is 0 Å². The number of rotatable bonds is 7. The summed E-state index contributed by atoms with van der Waals surface area (Å²) in [6, 6.07) is 77.1. The van der Waals surface area contributed by atoms with Crippen LogP contribution in [0.4, 0.5) is 0 Å². The summed E-state index contributed by atoms with van der Waals surface area (Å²) in [5.41, 5.74) is 23.3. The number of hydrogen-bond donors (Lipinski definition) is 0. The lowest BCUT2D eigenvalue weighted by Crippen LogP contribution is -2.05. The smallest absolute Gasteiger partial charge is 0.104 e. The van der Waals surface area contributed by atoms with Crippen LogP contribution in [0.2, 0.25) is 0 Å². The van der Waals surface area contributed by atoms with Gasteiger partial charge in [-0.15, -0.1) is 0 Å². The Hall–Kier alpha value is -9.22. The summed E-state index contributed by atoms with van der Waals surface area (Å²) in [4.78, 5) is 0. The molecule has 0 spiro atoms. The minimum Gasteiger partial charge on any atom is -0.308 e. The number of fused-ring (bicyclic) bond motifs is 6. The largest absolute Gasteiger partial charge is 0.308 e. The number of hydrogen-bond acceptors (Lipinski definition) is 2. The second-order valence-corrected chi connectivity index (χ2v) is 19.3. The monoisotopic (exact) mass is 908 g/mol. The van der Waals surface area contributed by atoms with Gasteiger partial charge in [0.05, 0.1) is 45.1 Å². The van der Waals surface area contributed by atoms with Crippen molar-refractivity contribution in [3.63, 3.8) is 0 Å². The molecule has 12 aromatic rings. The van der Waals surface area contributed by atoms with Gasteiger partial charge in [0, 0.05) is 21.5 Å². The average molecular weight is 909 g/mol. The summed E-state index contributed by atoms with van der Waals surface area (Å²) >= 11 is 0. The maximum atomic E-state index is 11.8. The SMILES string of the molecule is Cc1cccc(-c2ccc3c(c2)c2cc(-c4cccc(C)c4)ccc2n3-c2cc(-c3cc(C)cc(C#N)c3)cc(-n3c4ccc(-c5cccc(C)c5)cc4c4cc(-c5cccc(C)c5)ccc43)c2C#N)c1. The van der Waals surface area contributed by atoms with E-state index in [-0.39, 0.29) is 0 Å². The van der Waals surface area contributed by atoms with Crippen LogP contribution in [-0.4, -0.2) is 9.13 Å². The zero-order chi connectivity index (χ0) is 48.5. The fraction of sp³-hybridized carbons (Fsp3) is 0.0746. The molecule has 336 valence electrons. The lowest BCUT2D eigenvalue weighted by Gasteiger charge is -2.19. The summed E-state index contributed by atoms with van der Waals surface area (Å²) in [5, 5.41) is 26.5. The van der Waals surface area contributed by atoms with E-state index in [0.29, 0.717) is 11.1 Å². The van der Waals surface area contributed by atoms with Gasteiger partial charge in [0.25, 0.3) is 0 Å². The van der Waals surface area contributed by atoms with Gasteiger partial charge in [0.2, 0.25) is 0 Å². The summed E-state index contributed by atoms with van der Waals surface area (Å²) in [6.07, 6.45) is 0. The summed E-state index contributed by atoms with van der Waals surface area (Å²) in [5.74, 6) is 0. The van der Waals surface area contributed by atoms with Crippen LogP contribution in [0.1, 0.15) is 38.9 Å². The fourth-order valence-electron chi connectivity index (χ4n) is 10.8. The Kier molecular flexibility index (Phi) is 10.4. The molecule has 12 rings (SSSR count). The number of aromatic nitrogens is 2. The standard InChI is InChI=1S/C67H48N4/c1-41-10-6-14-47(27-41)51-18-22-62-57(33-51)58-34-52(48-15-7-11-42(2)28-48)19-23-63(58)70(62)66-37-56(55-31-45(5)26-46(32-55)39-68)38-67(61(66)40-69)71-64-24-20-53(49-16-8-12-43(3)29-49)35-59(64)60-36-54(21-25-65(60)71)50-17-9-13-44(4)30-50/h6-38H,1-5H3. The van der Waals surface area contributed by atoms with Crippen LogP contribution in [0.3, 0.4) is 0 Å². The van der Waals surface area contributed by atoms with Crippen molar-refractivity contribution in [1.29, 1.82) is 10.5 Å². The van der Waals surface area contributed by atoms with E-state index in [1.807, 2.05) is 19.1 Å². The van der Waals surface area contributed by atoms with E-state index in [0.717, 1.165) is 116 Å². The van der Waals surface area contributed by atoms with Crippen molar-refractivity contribution in [3.05, 3.63) is 239 Å². The van der Waals surface area contributed by atoms with E-state index in [1.165, 1.54) is 22.3 Å². The van der Waals surface area contributed by atoms with Crippen LogP contribution >= 0.6 is 0 Å². The third kappa shape index (κ3) is 7.55. The Balaban J connectivity index is 1.19.